The van der Waals surface area contributed by atoms with E-state index in [1.807, 2.05) is 43.3 Å². The van der Waals surface area contributed by atoms with Gasteiger partial charge in [0, 0.05) is 11.9 Å². The quantitative estimate of drug-likeness (QED) is 0.859. The largest absolute Gasteiger partial charge is 0.388 e. The summed E-state index contributed by atoms with van der Waals surface area (Å²) in [7, 11) is 0. The highest BCUT2D eigenvalue weighted by molar-refractivity contribution is 5.77. The van der Waals surface area contributed by atoms with Crippen LogP contribution in [0.25, 0.3) is 0 Å². The number of amides is 1. The van der Waals surface area contributed by atoms with E-state index >= 15 is 0 Å². The molecule has 0 radical (unpaired) electrons. The van der Waals surface area contributed by atoms with Gasteiger partial charge in [0.15, 0.2) is 5.82 Å². The van der Waals surface area contributed by atoms with Crippen LogP contribution in [0.2, 0.25) is 0 Å². The number of benzene rings is 1. The fourth-order valence-electron chi connectivity index (χ4n) is 2.64. The summed E-state index contributed by atoms with van der Waals surface area (Å²) in [6.07, 6.45) is 3.11. The molecule has 5 heteroatoms. The normalized spacial score (nSPS) is 16.6. The summed E-state index contributed by atoms with van der Waals surface area (Å²) in [6.45, 7) is 1.91. The molecule has 1 fully saturated rings. The minimum Gasteiger partial charge on any atom is -0.388 e. The average Bonchev–Trinajstić information content (AvgIpc) is 3.38. The molecule has 1 heterocycles. The van der Waals surface area contributed by atoms with Gasteiger partial charge in [0.25, 0.3) is 0 Å². The Morgan fingerprint density at radius 3 is 2.70 bits per heavy atom. The fourth-order valence-corrected chi connectivity index (χ4v) is 2.64. The predicted molar refractivity (Wildman–Crippen MR) is 86.4 cm³/mol. The van der Waals surface area contributed by atoms with E-state index in [0.29, 0.717) is 11.7 Å². The van der Waals surface area contributed by atoms with Gasteiger partial charge in [0.2, 0.25) is 5.91 Å². The number of aliphatic hydroxyl groups is 1. The van der Waals surface area contributed by atoms with Crippen LogP contribution in [0, 0.1) is 12.8 Å². The molecule has 0 saturated heterocycles. The summed E-state index contributed by atoms with van der Waals surface area (Å²) < 4.78 is 0. The first-order valence-electron chi connectivity index (χ1n) is 7.95. The van der Waals surface area contributed by atoms with Gasteiger partial charge in [-0.2, -0.15) is 0 Å². The zero-order valence-corrected chi connectivity index (χ0v) is 13.1. The van der Waals surface area contributed by atoms with Crippen molar-refractivity contribution in [1.29, 1.82) is 0 Å². The number of aryl methyl sites for hydroxylation is 1. The minimum absolute atomic E-state index is 0.0407. The summed E-state index contributed by atoms with van der Waals surface area (Å²) in [5, 5.41) is 13.2. The molecule has 1 aliphatic carbocycles. The molecule has 0 spiro atoms. The lowest BCUT2D eigenvalue weighted by atomic mass is 10.1. The van der Waals surface area contributed by atoms with E-state index in [2.05, 4.69) is 15.3 Å². The number of rotatable bonds is 6. The molecule has 1 aliphatic rings. The summed E-state index contributed by atoms with van der Waals surface area (Å²) in [5.41, 5.74) is 1.64. The van der Waals surface area contributed by atoms with Crippen molar-refractivity contribution in [3.8, 4) is 0 Å². The molecule has 2 unspecified atom stereocenters. The van der Waals surface area contributed by atoms with Crippen molar-refractivity contribution in [3.05, 3.63) is 59.7 Å². The maximum atomic E-state index is 12.3. The standard InChI is InChI=1S/C18H21N3O2/c1-12-9-10-19-18(20-12)17(14-7-8-14)21-16(23)11-15(22)13-5-3-2-4-6-13/h2-6,9-10,14-15,17,22H,7-8,11H2,1H3,(H,21,23). The smallest absolute Gasteiger partial charge is 0.223 e. The lowest BCUT2D eigenvalue weighted by molar-refractivity contribution is -0.124. The molecule has 5 nitrogen and oxygen atoms in total. The van der Waals surface area contributed by atoms with Crippen LogP contribution in [0.4, 0.5) is 0 Å². The number of nitrogens with zero attached hydrogens (tertiary/aromatic N) is 2. The molecule has 1 saturated carbocycles. The van der Waals surface area contributed by atoms with Crippen LogP contribution in [0.5, 0.6) is 0 Å². The Kier molecular flexibility index (Phi) is 4.67. The van der Waals surface area contributed by atoms with Gasteiger partial charge < -0.3 is 10.4 Å². The third-order valence-corrected chi connectivity index (χ3v) is 4.06. The van der Waals surface area contributed by atoms with Crippen molar-refractivity contribution >= 4 is 5.91 Å². The maximum Gasteiger partial charge on any atom is 0.223 e. The van der Waals surface area contributed by atoms with Crippen LogP contribution in [0.1, 0.15) is 48.5 Å². The van der Waals surface area contributed by atoms with Gasteiger partial charge in [-0.3, -0.25) is 4.79 Å². The molecule has 0 bridgehead atoms. The zero-order valence-electron chi connectivity index (χ0n) is 13.1. The highest BCUT2D eigenvalue weighted by atomic mass is 16.3. The van der Waals surface area contributed by atoms with E-state index in [-0.39, 0.29) is 18.4 Å². The van der Waals surface area contributed by atoms with Gasteiger partial charge in [-0.05, 0) is 37.3 Å². The predicted octanol–water partition coefficient (Wildman–Crippen LogP) is 2.48. The topological polar surface area (TPSA) is 75.1 Å². The second-order valence-electron chi connectivity index (χ2n) is 6.07. The summed E-state index contributed by atoms with van der Waals surface area (Å²) in [6, 6.07) is 10.9. The van der Waals surface area contributed by atoms with E-state index < -0.39 is 6.10 Å². The Labute approximate surface area is 135 Å². The van der Waals surface area contributed by atoms with E-state index in [1.165, 1.54) is 0 Å². The number of carbonyl (C=O) groups excluding carboxylic acids is 1. The zero-order chi connectivity index (χ0) is 16.2. The number of hydrogen-bond acceptors (Lipinski definition) is 4. The second-order valence-corrected chi connectivity index (χ2v) is 6.07. The second kappa shape index (κ2) is 6.87. The van der Waals surface area contributed by atoms with Crippen LogP contribution in [-0.2, 0) is 4.79 Å². The molecule has 3 rings (SSSR count). The number of nitrogens with one attached hydrogen (secondary N) is 1. The molecule has 2 atom stereocenters. The van der Waals surface area contributed by atoms with Gasteiger partial charge in [-0.1, -0.05) is 30.3 Å². The molecule has 1 aromatic heterocycles. The molecule has 2 N–H and O–H groups in total. The Morgan fingerprint density at radius 2 is 2.04 bits per heavy atom. The van der Waals surface area contributed by atoms with Crippen LogP contribution in [-0.4, -0.2) is 21.0 Å². The van der Waals surface area contributed by atoms with Crippen molar-refractivity contribution in [2.24, 2.45) is 5.92 Å². The van der Waals surface area contributed by atoms with Gasteiger partial charge >= 0.3 is 0 Å². The van der Waals surface area contributed by atoms with E-state index in [1.54, 1.807) is 6.20 Å². The molecule has 0 aliphatic heterocycles. The van der Waals surface area contributed by atoms with Crippen LogP contribution in [0.15, 0.2) is 42.6 Å². The molecular formula is C18H21N3O2. The minimum atomic E-state index is -0.797. The third kappa shape index (κ3) is 4.13. The maximum absolute atomic E-state index is 12.3. The molecule has 1 aromatic carbocycles. The number of carbonyl (C=O) groups is 1. The van der Waals surface area contributed by atoms with Gasteiger partial charge in [0.05, 0.1) is 18.6 Å². The lowest BCUT2D eigenvalue weighted by Gasteiger charge is -2.18. The lowest BCUT2D eigenvalue weighted by Crippen LogP contribution is -2.32. The summed E-state index contributed by atoms with van der Waals surface area (Å²) in [4.78, 5) is 21.0. The van der Waals surface area contributed by atoms with E-state index in [9.17, 15) is 9.90 Å². The SMILES string of the molecule is Cc1ccnc(C(NC(=O)CC(O)c2ccccc2)C2CC2)n1. The number of aliphatic hydroxyl groups excluding tert-OH is 1. The monoisotopic (exact) mass is 311 g/mol. The molecule has 2 aromatic rings. The average molecular weight is 311 g/mol. The van der Waals surface area contributed by atoms with Crippen LogP contribution < -0.4 is 5.32 Å². The number of aromatic nitrogens is 2. The number of hydrogen-bond donors (Lipinski definition) is 2. The van der Waals surface area contributed by atoms with Crippen molar-refractivity contribution in [1.82, 2.24) is 15.3 Å². The van der Waals surface area contributed by atoms with Crippen LogP contribution >= 0.6 is 0 Å². The Balaban J connectivity index is 1.65. The first-order valence-corrected chi connectivity index (χ1v) is 7.95. The summed E-state index contributed by atoms with van der Waals surface area (Å²) >= 11 is 0. The first kappa shape index (κ1) is 15.6. The Hall–Kier alpha value is -2.27. The summed E-state index contributed by atoms with van der Waals surface area (Å²) in [5.74, 6) is 0.882. The fraction of sp³-hybridized carbons (Fsp3) is 0.389. The molecular weight excluding hydrogens is 290 g/mol. The first-order chi connectivity index (χ1) is 11.1. The van der Waals surface area contributed by atoms with Gasteiger partial charge in [-0.15, -0.1) is 0 Å². The molecule has 120 valence electrons. The van der Waals surface area contributed by atoms with Gasteiger partial charge in [-0.25, -0.2) is 9.97 Å². The van der Waals surface area contributed by atoms with Crippen LogP contribution in [0.3, 0.4) is 0 Å². The third-order valence-electron chi connectivity index (χ3n) is 4.06. The van der Waals surface area contributed by atoms with Crippen molar-refractivity contribution < 1.29 is 9.90 Å². The Bertz CT molecular complexity index is 671. The highest BCUT2D eigenvalue weighted by Gasteiger charge is 2.35. The van der Waals surface area contributed by atoms with E-state index in [0.717, 1.165) is 24.1 Å². The molecule has 1 amide bonds. The Morgan fingerprint density at radius 1 is 1.30 bits per heavy atom. The molecule has 23 heavy (non-hydrogen) atoms. The van der Waals surface area contributed by atoms with Crippen molar-refractivity contribution in [2.45, 2.75) is 38.3 Å². The van der Waals surface area contributed by atoms with E-state index in [4.69, 9.17) is 0 Å². The van der Waals surface area contributed by atoms with Crippen molar-refractivity contribution in [2.75, 3.05) is 0 Å². The van der Waals surface area contributed by atoms with Gasteiger partial charge in [0.1, 0.15) is 0 Å². The van der Waals surface area contributed by atoms with Crippen molar-refractivity contribution in [3.63, 3.8) is 0 Å². The highest BCUT2D eigenvalue weighted by Crippen LogP contribution is 2.40.